The molecule has 6 rings (SSSR count). The molecule has 2 aliphatic heterocycles. The van der Waals surface area contributed by atoms with Crippen LogP contribution in [0.5, 0.6) is 23.0 Å². The predicted octanol–water partition coefficient (Wildman–Crippen LogP) is 5.41. The average Bonchev–Trinajstić information content (AvgIpc) is 3.48. The van der Waals surface area contributed by atoms with Crippen molar-refractivity contribution in [1.82, 2.24) is 4.98 Å². The van der Waals surface area contributed by atoms with Crippen LogP contribution in [0.1, 0.15) is 35.2 Å². The van der Waals surface area contributed by atoms with Crippen LogP contribution in [-0.2, 0) is 9.59 Å². The first-order valence-corrected chi connectivity index (χ1v) is 13.6. The van der Waals surface area contributed by atoms with E-state index in [4.69, 9.17) is 19.2 Å². The Hall–Kier alpha value is -4.57. The van der Waals surface area contributed by atoms with Gasteiger partial charge in [0.05, 0.1) is 28.4 Å². The summed E-state index contributed by atoms with van der Waals surface area (Å²) in [5.41, 5.74) is 3.39. The summed E-state index contributed by atoms with van der Waals surface area (Å²) in [7, 11) is 0. The number of ether oxygens (including phenoxy) is 3. The fraction of sp³-hybridized carbons (Fsp3) is 0.233. The van der Waals surface area contributed by atoms with Crippen LogP contribution in [0, 0.1) is 13.8 Å². The number of phenolic OH excluding ortho intramolecular Hbond substituents is 1. The number of phenols is 1. The highest BCUT2D eigenvalue weighted by atomic mass is 32.1. The molecule has 2 aliphatic rings. The lowest BCUT2D eigenvalue weighted by atomic mass is 9.95. The molecule has 3 heterocycles. The molecule has 4 aromatic rings. The highest BCUT2D eigenvalue weighted by molar-refractivity contribution is 7.22. The largest absolute Gasteiger partial charge is 0.507 e. The van der Waals surface area contributed by atoms with Gasteiger partial charge in [0, 0.05) is 5.56 Å². The van der Waals surface area contributed by atoms with Crippen LogP contribution in [-0.4, -0.2) is 46.7 Å². The predicted molar refractivity (Wildman–Crippen MR) is 151 cm³/mol. The zero-order valence-corrected chi connectivity index (χ0v) is 22.9. The van der Waals surface area contributed by atoms with E-state index in [0.717, 1.165) is 21.3 Å². The third-order valence-electron chi connectivity index (χ3n) is 6.88. The SMILES string of the molecule is CCOc1cc(C2/C(=C(\O)c3ccc4c(c3)OCCO4)C(=O)C(=O)N2c2nc3c(C)cc(C)cc3s2)ccc1O. The second kappa shape index (κ2) is 9.87. The van der Waals surface area contributed by atoms with Gasteiger partial charge in [-0.1, -0.05) is 23.5 Å². The van der Waals surface area contributed by atoms with E-state index in [2.05, 4.69) is 0 Å². The lowest BCUT2D eigenvalue weighted by molar-refractivity contribution is -0.132. The molecule has 1 aromatic heterocycles. The number of carbonyl (C=O) groups is 2. The molecule has 204 valence electrons. The molecule has 9 nitrogen and oxygen atoms in total. The van der Waals surface area contributed by atoms with Crippen molar-refractivity contribution in [2.75, 3.05) is 24.7 Å². The summed E-state index contributed by atoms with van der Waals surface area (Å²) in [4.78, 5) is 33.3. The maximum absolute atomic E-state index is 13.6. The standard InChI is InChI=1S/C30H26N2O7S/c1-4-37-21-13-17(5-7-19(21)33)26-24(27(34)18-6-8-20-22(14-18)39-10-9-38-20)28(35)29(36)32(26)30-31-25-16(3)11-15(2)12-23(25)40-30/h5-8,11-14,26,33-34H,4,9-10H2,1-3H3/b27-24+. The van der Waals surface area contributed by atoms with Crippen molar-refractivity contribution in [2.24, 2.45) is 0 Å². The van der Waals surface area contributed by atoms with Crippen LogP contribution in [0.3, 0.4) is 0 Å². The Morgan fingerprint density at radius 1 is 1.07 bits per heavy atom. The van der Waals surface area contributed by atoms with Crippen LogP contribution >= 0.6 is 11.3 Å². The Bertz CT molecular complexity index is 1720. The number of aliphatic hydroxyl groups excluding tert-OH is 1. The molecule has 1 amide bonds. The van der Waals surface area contributed by atoms with Gasteiger partial charge in [-0.15, -0.1) is 0 Å². The van der Waals surface area contributed by atoms with Crippen molar-refractivity contribution >= 4 is 44.1 Å². The zero-order chi connectivity index (χ0) is 28.1. The number of hydrogen-bond acceptors (Lipinski definition) is 9. The molecule has 0 radical (unpaired) electrons. The van der Waals surface area contributed by atoms with Gasteiger partial charge in [0.1, 0.15) is 19.0 Å². The van der Waals surface area contributed by atoms with Crippen LogP contribution < -0.4 is 19.1 Å². The van der Waals surface area contributed by atoms with E-state index in [1.807, 2.05) is 26.0 Å². The molecular formula is C30H26N2O7S. The van der Waals surface area contributed by atoms with Gasteiger partial charge in [-0.3, -0.25) is 14.5 Å². The molecule has 1 unspecified atom stereocenters. The van der Waals surface area contributed by atoms with Crippen LogP contribution in [0.2, 0.25) is 0 Å². The van der Waals surface area contributed by atoms with Gasteiger partial charge in [-0.05, 0) is 73.9 Å². The third-order valence-corrected chi connectivity index (χ3v) is 7.89. The Balaban J connectivity index is 1.56. The van der Waals surface area contributed by atoms with Crippen molar-refractivity contribution in [2.45, 2.75) is 26.8 Å². The van der Waals surface area contributed by atoms with Crippen LogP contribution in [0.25, 0.3) is 16.0 Å². The Labute approximate surface area is 233 Å². The fourth-order valence-corrected chi connectivity index (χ4v) is 6.29. The molecule has 0 spiro atoms. The minimum Gasteiger partial charge on any atom is -0.507 e. The number of nitrogens with zero attached hydrogens (tertiary/aromatic N) is 2. The van der Waals surface area contributed by atoms with E-state index in [1.165, 1.54) is 22.3 Å². The molecule has 1 fully saturated rings. The number of rotatable bonds is 5. The van der Waals surface area contributed by atoms with Crippen LogP contribution in [0.15, 0.2) is 54.1 Å². The van der Waals surface area contributed by atoms with Gasteiger partial charge < -0.3 is 24.4 Å². The van der Waals surface area contributed by atoms with Crippen molar-refractivity contribution in [3.63, 3.8) is 0 Å². The molecule has 10 heteroatoms. The molecule has 1 saturated heterocycles. The van der Waals surface area contributed by atoms with E-state index in [-0.39, 0.29) is 22.8 Å². The van der Waals surface area contributed by atoms with Gasteiger partial charge in [-0.25, -0.2) is 4.98 Å². The molecular weight excluding hydrogens is 532 g/mol. The maximum Gasteiger partial charge on any atom is 0.301 e. The number of hydrogen-bond donors (Lipinski definition) is 2. The molecule has 0 aliphatic carbocycles. The van der Waals surface area contributed by atoms with Crippen molar-refractivity contribution in [1.29, 1.82) is 0 Å². The van der Waals surface area contributed by atoms with Crippen LogP contribution in [0.4, 0.5) is 5.13 Å². The minimum atomic E-state index is -1.03. The number of amides is 1. The zero-order valence-electron chi connectivity index (χ0n) is 22.1. The second-order valence-electron chi connectivity index (χ2n) is 9.61. The monoisotopic (exact) mass is 558 g/mol. The van der Waals surface area contributed by atoms with Crippen molar-refractivity contribution < 1.29 is 34.0 Å². The van der Waals surface area contributed by atoms with E-state index >= 15 is 0 Å². The van der Waals surface area contributed by atoms with Crippen molar-refractivity contribution in [3.8, 4) is 23.0 Å². The minimum absolute atomic E-state index is 0.0829. The van der Waals surface area contributed by atoms with E-state index in [9.17, 15) is 19.8 Å². The first-order chi connectivity index (χ1) is 19.3. The maximum atomic E-state index is 13.6. The number of aromatic hydroxyl groups is 1. The Morgan fingerprint density at radius 2 is 1.85 bits per heavy atom. The van der Waals surface area contributed by atoms with Gasteiger partial charge in [0.2, 0.25) is 0 Å². The lowest BCUT2D eigenvalue weighted by Gasteiger charge is -2.24. The molecule has 0 bridgehead atoms. The third kappa shape index (κ3) is 4.21. The molecule has 0 saturated carbocycles. The molecule has 40 heavy (non-hydrogen) atoms. The number of thiazole rings is 1. The second-order valence-corrected chi connectivity index (χ2v) is 10.6. The van der Waals surface area contributed by atoms with Gasteiger partial charge in [0.25, 0.3) is 5.78 Å². The quantitative estimate of drug-likeness (QED) is 0.190. The normalized spacial score (nSPS) is 18.0. The van der Waals surface area contributed by atoms with E-state index < -0.39 is 17.7 Å². The number of aromatic nitrogens is 1. The van der Waals surface area contributed by atoms with Gasteiger partial charge >= 0.3 is 5.91 Å². The summed E-state index contributed by atoms with van der Waals surface area (Å²) < 4.78 is 17.7. The Kier molecular flexibility index (Phi) is 6.34. The summed E-state index contributed by atoms with van der Waals surface area (Å²) in [5.74, 6) is -0.955. The fourth-order valence-electron chi connectivity index (χ4n) is 5.13. The van der Waals surface area contributed by atoms with E-state index in [1.54, 1.807) is 37.3 Å². The molecule has 3 aromatic carbocycles. The Morgan fingerprint density at radius 3 is 2.62 bits per heavy atom. The summed E-state index contributed by atoms with van der Waals surface area (Å²) in [6, 6.07) is 12.4. The topological polar surface area (TPSA) is 118 Å². The van der Waals surface area contributed by atoms with E-state index in [0.29, 0.717) is 47.6 Å². The van der Waals surface area contributed by atoms with Gasteiger partial charge in [0.15, 0.2) is 28.1 Å². The number of aryl methyl sites for hydroxylation is 2. The number of ketones is 1. The number of fused-ring (bicyclic) bond motifs is 2. The summed E-state index contributed by atoms with van der Waals surface area (Å²) in [6.45, 7) is 6.77. The number of Topliss-reactive ketones (excluding diaryl/α,β-unsaturated/α-hetero) is 1. The lowest BCUT2D eigenvalue weighted by Crippen LogP contribution is -2.29. The van der Waals surface area contributed by atoms with Crippen molar-refractivity contribution in [3.05, 3.63) is 76.4 Å². The summed E-state index contributed by atoms with van der Waals surface area (Å²) in [5, 5.41) is 22.2. The van der Waals surface area contributed by atoms with Gasteiger partial charge in [-0.2, -0.15) is 0 Å². The summed E-state index contributed by atoms with van der Waals surface area (Å²) in [6.07, 6.45) is 0. The number of aliphatic hydroxyl groups is 1. The highest BCUT2D eigenvalue weighted by Gasteiger charge is 2.48. The first kappa shape index (κ1) is 25.7. The summed E-state index contributed by atoms with van der Waals surface area (Å²) >= 11 is 1.29. The number of carbonyl (C=O) groups excluding carboxylic acids is 2. The first-order valence-electron chi connectivity index (χ1n) is 12.8. The smallest absolute Gasteiger partial charge is 0.301 e. The number of anilines is 1. The average molecular weight is 559 g/mol. The molecule has 1 atom stereocenters. The highest BCUT2D eigenvalue weighted by Crippen LogP contribution is 2.46. The molecule has 2 N–H and O–H groups in total. The number of benzene rings is 3.